The summed E-state index contributed by atoms with van der Waals surface area (Å²) < 4.78 is 0. The molecular formula is C13H21N7. The molecule has 0 aliphatic heterocycles. The third-order valence-electron chi connectivity index (χ3n) is 2.98. The number of anilines is 3. The Hall–Kier alpha value is -2.31. The number of aryl methyl sites for hydroxylation is 1. The van der Waals surface area contributed by atoms with E-state index in [1.54, 1.807) is 0 Å². The lowest BCUT2D eigenvalue weighted by molar-refractivity contribution is 0.813. The number of hydrogen-bond acceptors (Lipinski definition) is 6. The molecule has 0 radical (unpaired) electrons. The van der Waals surface area contributed by atoms with Crippen molar-refractivity contribution >= 4 is 17.8 Å². The van der Waals surface area contributed by atoms with Crippen molar-refractivity contribution in [2.24, 2.45) is 0 Å². The largest absolute Gasteiger partial charge is 0.368 e. The maximum absolute atomic E-state index is 5.72. The van der Waals surface area contributed by atoms with Gasteiger partial charge in [0.2, 0.25) is 17.8 Å². The van der Waals surface area contributed by atoms with Gasteiger partial charge >= 0.3 is 0 Å². The van der Waals surface area contributed by atoms with E-state index in [1.807, 2.05) is 37.9 Å². The van der Waals surface area contributed by atoms with E-state index in [-0.39, 0.29) is 5.95 Å². The third kappa shape index (κ3) is 3.37. The Morgan fingerprint density at radius 2 is 1.80 bits per heavy atom. The summed E-state index contributed by atoms with van der Waals surface area (Å²) in [4.78, 5) is 19.7. The summed E-state index contributed by atoms with van der Waals surface area (Å²) in [5.74, 6) is 1.39. The van der Waals surface area contributed by atoms with Crippen LogP contribution in [0.5, 0.6) is 0 Å². The van der Waals surface area contributed by atoms with Crippen LogP contribution in [0.15, 0.2) is 12.1 Å². The summed E-state index contributed by atoms with van der Waals surface area (Å²) in [6, 6.07) is 4.16. The third-order valence-corrected chi connectivity index (χ3v) is 2.98. The number of hydrogen-bond donors (Lipinski definition) is 2. The first kappa shape index (κ1) is 14.1. The maximum Gasteiger partial charge on any atom is 0.231 e. The van der Waals surface area contributed by atoms with Crippen LogP contribution in [0.1, 0.15) is 11.4 Å². The Morgan fingerprint density at radius 1 is 1.10 bits per heavy atom. The minimum Gasteiger partial charge on any atom is -0.368 e. The highest BCUT2D eigenvalue weighted by Crippen LogP contribution is 2.13. The first-order chi connectivity index (χ1) is 9.45. The lowest BCUT2D eigenvalue weighted by Crippen LogP contribution is -2.25. The SMILES string of the molecule is Cc1ccc(CCN(C)c2nc(N)nc(N(C)C)n2)[nH]1. The van der Waals surface area contributed by atoms with Crippen LogP contribution in [0.2, 0.25) is 0 Å². The van der Waals surface area contributed by atoms with E-state index >= 15 is 0 Å². The molecule has 7 heteroatoms. The van der Waals surface area contributed by atoms with Gasteiger partial charge in [0.05, 0.1) is 0 Å². The lowest BCUT2D eigenvalue weighted by atomic mass is 10.3. The second kappa shape index (κ2) is 5.77. The van der Waals surface area contributed by atoms with Crippen LogP contribution in [0.25, 0.3) is 0 Å². The molecule has 108 valence electrons. The van der Waals surface area contributed by atoms with E-state index in [0.29, 0.717) is 11.9 Å². The number of nitrogens with two attached hydrogens (primary N) is 1. The van der Waals surface area contributed by atoms with Crippen LogP contribution in [-0.2, 0) is 6.42 Å². The van der Waals surface area contributed by atoms with E-state index in [0.717, 1.165) is 13.0 Å². The highest BCUT2D eigenvalue weighted by atomic mass is 15.3. The molecule has 2 rings (SSSR count). The van der Waals surface area contributed by atoms with E-state index in [9.17, 15) is 0 Å². The minimum atomic E-state index is 0.237. The smallest absolute Gasteiger partial charge is 0.231 e. The van der Waals surface area contributed by atoms with Crippen molar-refractivity contribution in [3.63, 3.8) is 0 Å². The van der Waals surface area contributed by atoms with Crippen molar-refractivity contribution in [3.05, 3.63) is 23.5 Å². The van der Waals surface area contributed by atoms with Gasteiger partial charge < -0.3 is 20.5 Å². The molecule has 0 saturated carbocycles. The van der Waals surface area contributed by atoms with Crippen LogP contribution in [-0.4, -0.2) is 47.6 Å². The molecule has 0 spiro atoms. The van der Waals surface area contributed by atoms with Crippen molar-refractivity contribution in [1.82, 2.24) is 19.9 Å². The van der Waals surface area contributed by atoms with Crippen LogP contribution >= 0.6 is 0 Å². The van der Waals surface area contributed by atoms with Crippen LogP contribution < -0.4 is 15.5 Å². The molecule has 0 unspecified atom stereocenters. The average molecular weight is 275 g/mol. The number of nitrogens with zero attached hydrogens (tertiary/aromatic N) is 5. The highest BCUT2D eigenvalue weighted by Gasteiger charge is 2.10. The predicted molar refractivity (Wildman–Crippen MR) is 81.1 cm³/mol. The van der Waals surface area contributed by atoms with Crippen molar-refractivity contribution < 1.29 is 0 Å². The fourth-order valence-electron chi connectivity index (χ4n) is 1.84. The highest BCUT2D eigenvalue weighted by molar-refractivity contribution is 5.42. The Balaban J connectivity index is 2.06. The molecule has 7 nitrogen and oxygen atoms in total. The van der Waals surface area contributed by atoms with Crippen molar-refractivity contribution in [1.29, 1.82) is 0 Å². The van der Waals surface area contributed by atoms with Gasteiger partial charge in [-0.15, -0.1) is 0 Å². The minimum absolute atomic E-state index is 0.237. The topological polar surface area (TPSA) is 87.0 Å². The van der Waals surface area contributed by atoms with Gasteiger partial charge in [-0.1, -0.05) is 0 Å². The number of aromatic nitrogens is 4. The normalized spacial score (nSPS) is 10.6. The van der Waals surface area contributed by atoms with Gasteiger partial charge in [0.25, 0.3) is 0 Å². The Morgan fingerprint density at radius 3 is 2.40 bits per heavy atom. The molecule has 2 aromatic rings. The second-order valence-corrected chi connectivity index (χ2v) is 5.03. The monoisotopic (exact) mass is 275 g/mol. The number of likely N-dealkylation sites (N-methyl/N-ethyl adjacent to an activating group) is 1. The summed E-state index contributed by atoms with van der Waals surface area (Å²) in [6.07, 6.45) is 0.896. The lowest BCUT2D eigenvalue weighted by Gasteiger charge is -2.18. The number of H-pyrrole nitrogens is 1. The molecule has 2 heterocycles. The zero-order chi connectivity index (χ0) is 14.7. The Bertz CT molecular complexity index is 576. The maximum atomic E-state index is 5.72. The second-order valence-electron chi connectivity index (χ2n) is 5.03. The number of rotatable bonds is 5. The van der Waals surface area contributed by atoms with Gasteiger partial charge in [0, 0.05) is 45.5 Å². The predicted octanol–water partition coefficient (Wildman–Crippen LogP) is 0.835. The van der Waals surface area contributed by atoms with Gasteiger partial charge in [0.1, 0.15) is 0 Å². The summed E-state index contributed by atoms with van der Waals surface area (Å²) in [5.41, 5.74) is 8.09. The summed E-state index contributed by atoms with van der Waals surface area (Å²) in [5, 5.41) is 0. The van der Waals surface area contributed by atoms with Gasteiger partial charge in [0.15, 0.2) is 0 Å². The molecule has 0 saturated heterocycles. The van der Waals surface area contributed by atoms with Gasteiger partial charge in [-0.2, -0.15) is 15.0 Å². The van der Waals surface area contributed by atoms with Crippen LogP contribution in [0.3, 0.4) is 0 Å². The van der Waals surface area contributed by atoms with E-state index in [1.165, 1.54) is 11.4 Å². The molecule has 0 aliphatic rings. The van der Waals surface area contributed by atoms with Crippen molar-refractivity contribution in [3.8, 4) is 0 Å². The zero-order valence-corrected chi connectivity index (χ0v) is 12.4. The molecule has 0 fully saturated rings. The molecular weight excluding hydrogens is 254 g/mol. The molecule has 3 N–H and O–H groups in total. The molecule has 0 aliphatic carbocycles. The number of aromatic amines is 1. The molecule has 0 aromatic carbocycles. The zero-order valence-electron chi connectivity index (χ0n) is 12.4. The Kier molecular flexibility index (Phi) is 4.07. The fraction of sp³-hybridized carbons (Fsp3) is 0.462. The summed E-state index contributed by atoms with van der Waals surface area (Å²) in [7, 11) is 5.70. The van der Waals surface area contributed by atoms with E-state index in [4.69, 9.17) is 5.73 Å². The van der Waals surface area contributed by atoms with Gasteiger partial charge in [-0.05, 0) is 19.1 Å². The van der Waals surface area contributed by atoms with Crippen molar-refractivity contribution in [2.75, 3.05) is 43.2 Å². The van der Waals surface area contributed by atoms with Crippen LogP contribution in [0.4, 0.5) is 17.8 Å². The van der Waals surface area contributed by atoms with E-state index in [2.05, 4.69) is 32.1 Å². The molecule has 20 heavy (non-hydrogen) atoms. The van der Waals surface area contributed by atoms with Crippen molar-refractivity contribution in [2.45, 2.75) is 13.3 Å². The average Bonchev–Trinajstić information content (AvgIpc) is 2.81. The van der Waals surface area contributed by atoms with Gasteiger partial charge in [-0.3, -0.25) is 0 Å². The fourth-order valence-corrected chi connectivity index (χ4v) is 1.84. The van der Waals surface area contributed by atoms with Gasteiger partial charge in [-0.25, -0.2) is 0 Å². The van der Waals surface area contributed by atoms with E-state index < -0.39 is 0 Å². The first-order valence-corrected chi connectivity index (χ1v) is 6.50. The number of nitrogens with one attached hydrogen (secondary N) is 1. The molecule has 0 bridgehead atoms. The van der Waals surface area contributed by atoms with Crippen LogP contribution in [0, 0.1) is 6.92 Å². The first-order valence-electron chi connectivity index (χ1n) is 6.50. The number of nitrogen functional groups attached to an aromatic ring is 1. The summed E-state index contributed by atoms with van der Waals surface area (Å²) in [6.45, 7) is 2.85. The molecule has 0 atom stereocenters. The molecule has 2 aromatic heterocycles. The quantitative estimate of drug-likeness (QED) is 0.840. The molecule has 0 amide bonds. The standard InChI is InChI=1S/C13H21N7/c1-9-5-6-10(15-9)7-8-20(4)13-17-11(14)16-12(18-13)19(2)3/h5-6,15H,7-8H2,1-4H3,(H2,14,16,17,18). The summed E-state index contributed by atoms with van der Waals surface area (Å²) >= 11 is 0. The Labute approximate surface area is 118 Å².